The average molecular weight is 253 g/mol. The van der Waals surface area contributed by atoms with Gasteiger partial charge in [-0.15, -0.1) is 0 Å². The second kappa shape index (κ2) is 8.08. The van der Waals surface area contributed by atoms with Gasteiger partial charge in [-0.25, -0.2) is 4.79 Å². The topological polar surface area (TPSA) is 84.9 Å². The minimum atomic E-state index is -0.945. The molecule has 0 spiro atoms. The molecule has 0 heterocycles. The maximum atomic E-state index is 11.2. The SMILES string of the molecule is O=COCC(O)CNC(=O)OCc1ccccc1. The molecule has 0 radical (unpaired) electrons. The van der Waals surface area contributed by atoms with E-state index in [4.69, 9.17) is 4.74 Å². The van der Waals surface area contributed by atoms with Crippen LogP contribution in [0.3, 0.4) is 0 Å². The van der Waals surface area contributed by atoms with Crippen molar-refractivity contribution in [2.45, 2.75) is 12.7 Å². The Morgan fingerprint density at radius 3 is 2.78 bits per heavy atom. The third kappa shape index (κ3) is 5.86. The zero-order chi connectivity index (χ0) is 13.2. The van der Waals surface area contributed by atoms with Gasteiger partial charge in [0, 0.05) is 0 Å². The highest BCUT2D eigenvalue weighted by Gasteiger charge is 2.08. The van der Waals surface area contributed by atoms with E-state index >= 15 is 0 Å². The van der Waals surface area contributed by atoms with Crippen LogP contribution in [0.15, 0.2) is 30.3 Å². The van der Waals surface area contributed by atoms with E-state index in [1.165, 1.54) is 0 Å². The van der Waals surface area contributed by atoms with E-state index in [1.807, 2.05) is 30.3 Å². The van der Waals surface area contributed by atoms with E-state index in [2.05, 4.69) is 10.1 Å². The van der Waals surface area contributed by atoms with Crippen molar-refractivity contribution in [3.8, 4) is 0 Å². The van der Waals surface area contributed by atoms with E-state index in [-0.39, 0.29) is 26.2 Å². The van der Waals surface area contributed by atoms with Crippen LogP contribution in [0.5, 0.6) is 0 Å². The summed E-state index contributed by atoms with van der Waals surface area (Å²) in [4.78, 5) is 21.1. The molecule has 18 heavy (non-hydrogen) atoms. The molecule has 1 amide bonds. The molecule has 0 aliphatic heterocycles. The zero-order valence-electron chi connectivity index (χ0n) is 9.74. The predicted molar refractivity (Wildman–Crippen MR) is 62.7 cm³/mol. The van der Waals surface area contributed by atoms with Gasteiger partial charge in [-0.3, -0.25) is 4.79 Å². The number of alkyl carbamates (subject to hydrolysis) is 1. The third-order valence-electron chi connectivity index (χ3n) is 2.05. The van der Waals surface area contributed by atoms with Crippen molar-refractivity contribution in [1.82, 2.24) is 5.32 Å². The van der Waals surface area contributed by atoms with Gasteiger partial charge in [0.2, 0.25) is 0 Å². The Morgan fingerprint density at radius 1 is 1.39 bits per heavy atom. The summed E-state index contributed by atoms with van der Waals surface area (Å²) in [5.74, 6) is 0. The number of aliphatic hydroxyl groups is 1. The van der Waals surface area contributed by atoms with Crippen molar-refractivity contribution in [3.05, 3.63) is 35.9 Å². The van der Waals surface area contributed by atoms with Gasteiger partial charge in [-0.2, -0.15) is 0 Å². The van der Waals surface area contributed by atoms with Gasteiger partial charge < -0.3 is 19.9 Å². The largest absolute Gasteiger partial charge is 0.465 e. The van der Waals surface area contributed by atoms with Gasteiger partial charge in [0.1, 0.15) is 19.3 Å². The normalized spacial score (nSPS) is 11.4. The smallest absolute Gasteiger partial charge is 0.407 e. The van der Waals surface area contributed by atoms with Crippen LogP contribution in [0.1, 0.15) is 5.56 Å². The maximum Gasteiger partial charge on any atom is 0.407 e. The summed E-state index contributed by atoms with van der Waals surface area (Å²) >= 11 is 0. The van der Waals surface area contributed by atoms with E-state index in [0.29, 0.717) is 0 Å². The highest BCUT2D eigenvalue weighted by atomic mass is 16.5. The number of amides is 1. The number of rotatable bonds is 7. The molecule has 0 saturated heterocycles. The highest BCUT2D eigenvalue weighted by molar-refractivity contribution is 5.67. The molecular weight excluding hydrogens is 238 g/mol. The Balaban J connectivity index is 2.16. The molecule has 6 heteroatoms. The van der Waals surface area contributed by atoms with E-state index in [1.54, 1.807) is 0 Å². The number of hydrogen-bond acceptors (Lipinski definition) is 5. The van der Waals surface area contributed by atoms with Crippen LogP contribution < -0.4 is 5.32 Å². The fraction of sp³-hybridized carbons (Fsp3) is 0.333. The number of nitrogens with one attached hydrogen (secondary N) is 1. The lowest BCUT2D eigenvalue weighted by Crippen LogP contribution is -2.34. The molecule has 1 atom stereocenters. The second-order valence-electron chi connectivity index (χ2n) is 3.53. The van der Waals surface area contributed by atoms with Crippen LogP contribution in [0.4, 0.5) is 4.79 Å². The molecule has 0 fully saturated rings. The van der Waals surface area contributed by atoms with Crippen molar-refractivity contribution in [2.75, 3.05) is 13.2 Å². The molecular formula is C12H15NO5. The first kappa shape index (κ1) is 14.0. The Hall–Kier alpha value is -2.08. The van der Waals surface area contributed by atoms with Crippen LogP contribution in [0, 0.1) is 0 Å². The lowest BCUT2D eigenvalue weighted by molar-refractivity contribution is -0.131. The second-order valence-corrected chi connectivity index (χ2v) is 3.53. The number of benzene rings is 1. The Labute approximate surface area is 105 Å². The fourth-order valence-electron chi connectivity index (χ4n) is 1.18. The molecule has 1 aromatic rings. The highest BCUT2D eigenvalue weighted by Crippen LogP contribution is 2.00. The minimum absolute atomic E-state index is 0.0402. The molecule has 1 aromatic carbocycles. The van der Waals surface area contributed by atoms with Crippen molar-refractivity contribution in [1.29, 1.82) is 0 Å². The maximum absolute atomic E-state index is 11.2. The summed E-state index contributed by atoms with van der Waals surface area (Å²) in [6, 6.07) is 9.22. The number of carbonyl (C=O) groups is 2. The van der Waals surface area contributed by atoms with Crippen LogP contribution in [0.25, 0.3) is 0 Å². The van der Waals surface area contributed by atoms with Gasteiger partial charge in [0.15, 0.2) is 0 Å². The lowest BCUT2D eigenvalue weighted by Gasteiger charge is -2.10. The molecule has 0 aromatic heterocycles. The van der Waals surface area contributed by atoms with Crippen molar-refractivity contribution >= 4 is 12.6 Å². The van der Waals surface area contributed by atoms with Crippen LogP contribution in [0.2, 0.25) is 0 Å². The number of ether oxygens (including phenoxy) is 2. The standard InChI is InChI=1S/C12H15NO5/c14-9-17-8-11(15)6-13-12(16)18-7-10-4-2-1-3-5-10/h1-5,9,11,15H,6-8H2,(H,13,16). The molecule has 98 valence electrons. The number of aliphatic hydroxyl groups excluding tert-OH is 1. The molecule has 1 unspecified atom stereocenters. The molecule has 0 bridgehead atoms. The summed E-state index contributed by atoms with van der Waals surface area (Å²) < 4.78 is 9.25. The van der Waals surface area contributed by atoms with Crippen molar-refractivity contribution in [3.63, 3.8) is 0 Å². The quantitative estimate of drug-likeness (QED) is 0.689. The lowest BCUT2D eigenvalue weighted by atomic mass is 10.2. The monoisotopic (exact) mass is 253 g/mol. The first-order valence-electron chi connectivity index (χ1n) is 5.40. The van der Waals surface area contributed by atoms with Gasteiger partial charge in [0.25, 0.3) is 6.47 Å². The summed E-state index contributed by atoms with van der Waals surface area (Å²) in [6.07, 6.45) is -1.58. The summed E-state index contributed by atoms with van der Waals surface area (Å²) in [5.41, 5.74) is 0.873. The zero-order valence-corrected chi connectivity index (χ0v) is 9.74. The summed E-state index contributed by atoms with van der Waals surface area (Å²) in [7, 11) is 0. The number of hydrogen-bond donors (Lipinski definition) is 2. The Bertz CT molecular complexity index is 368. The molecule has 0 saturated carbocycles. The third-order valence-corrected chi connectivity index (χ3v) is 2.05. The van der Waals surface area contributed by atoms with E-state index in [9.17, 15) is 14.7 Å². The van der Waals surface area contributed by atoms with Gasteiger partial charge in [-0.1, -0.05) is 30.3 Å². The van der Waals surface area contributed by atoms with Gasteiger partial charge in [-0.05, 0) is 5.56 Å². The minimum Gasteiger partial charge on any atom is -0.465 e. The van der Waals surface area contributed by atoms with E-state index < -0.39 is 12.2 Å². The fourth-order valence-corrected chi connectivity index (χ4v) is 1.18. The average Bonchev–Trinajstić information content (AvgIpc) is 2.41. The molecule has 0 aliphatic carbocycles. The summed E-state index contributed by atoms with van der Waals surface area (Å²) in [5, 5.41) is 11.6. The van der Waals surface area contributed by atoms with Crippen molar-refractivity contribution < 1.29 is 24.2 Å². The molecule has 6 nitrogen and oxygen atoms in total. The van der Waals surface area contributed by atoms with Crippen LogP contribution >= 0.6 is 0 Å². The molecule has 0 aliphatic rings. The number of carbonyl (C=O) groups excluding carboxylic acids is 2. The van der Waals surface area contributed by atoms with Crippen LogP contribution in [-0.2, 0) is 20.9 Å². The van der Waals surface area contributed by atoms with Crippen LogP contribution in [-0.4, -0.2) is 36.9 Å². The molecule has 1 rings (SSSR count). The summed E-state index contributed by atoms with van der Waals surface area (Å²) in [6.45, 7) is 0.189. The van der Waals surface area contributed by atoms with Crippen molar-refractivity contribution in [2.24, 2.45) is 0 Å². The first-order valence-corrected chi connectivity index (χ1v) is 5.40. The first-order chi connectivity index (χ1) is 8.72. The Morgan fingerprint density at radius 2 is 2.11 bits per heavy atom. The Kier molecular flexibility index (Phi) is 6.27. The van der Waals surface area contributed by atoms with Gasteiger partial charge in [0.05, 0.1) is 6.54 Å². The predicted octanol–water partition coefficient (Wildman–Crippen LogP) is 0.447. The van der Waals surface area contributed by atoms with Gasteiger partial charge >= 0.3 is 6.09 Å². The molecule has 2 N–H and O–H groups in total. The van der Waals surface area contributed by atoms with E-state index in [0.717, 1.165) is 5.56 Å².